The molecule has 4 aromatic carbocycles. The normalized spacial score (nSPS) is 11.7. The molecule has 0 aliphatic carbocycles. The second-order valence-electron chi connectivity index (χ2n) is 6.27. The van der Waals surface area contributed by atoms with Gasteiger partial charge in [-0.2, -0.15) is 0 Å². The summed E-state index contributed by atoms with van der Waals surface area (Å²) in [6, 6.07) is 22.9. The van der Waals surface area contributed by atoms with E-state index in [9.17, 15) is 4.79 Å². The molecule has 0 atom stereocenters. The maximum Gasteiger partial charge on any atom is 0.195 e. The van der Waals surface area contributed by atoms with Crippen LogP contribution < -0.4 is 5.43 Å². The maximum absolute atomic E-state index is 12.9. The molecule has 0 aliphatic heterocycles. The van der Waals surface area contributed by atoms with E-state index in [1.165, 1.54) is 21.7 Å². The van der Waals surface area contributed by atoms with Crippen molar-refractivity contribution in [3.05, 3.63) is 82.5 Å². The third-order valence-electron chi connectivity index (χ3n) is 4.75. The number of aryl methyl sites for hydroxylation is 1. The molecular formula is C22H14OS. The highest BCUT2D eigenvalue weighted by Crippen LogP contribution is 2.31. The zero-order chi connectivity index (χ0) is 16.3. The van der Waals surface area contributed by atoms with Crippen molar-refractivity contribution in [3.8, 4) is 0 Å². The average molecular weight is 326 g/mol. The van der Waals surface area contributed by atoms with Crippen LogP contribution in [0, 0.1) is 6.92 Å². The Morgan fingerprint density at radius 2 is 1.46 bits per heavy atom. The summed E-state index contributed by atoms with van der Waals surface area (Å²) in [5.74, 6) is 0. The summed E-state index contributed by atoms with van der Waals surface area (Å²) in [7, 11) is 0. The van der Waals surface area contributed by atoms with Crippen LogP contribution in [-0.2, 0) is 0 Å². The van der Waals surface area contributed by atoms with E-state index in [0.29, 0.717) is 0 Å². The van der Waals surface area contributed by atoms with Crippen molar-refractivity contribution in [1.82, 2.24) is 0 Å². The Balaban J connectivity index is 1.99. The van der Waals surface area contributed by atoms with Gasteiger partial charge in [-0.3, -0.25) is 4.79 Å². The van der Waals surface area contributed by atoms with Gasteiger partial charge >= 0.3 is 0 Å². The molecule has 5 aromatic rings. The Bertz CT molecular complexity index is 1330. The molecule has 1 aromatic heterocycles. The minimum atomic E-state index is 0.131. The van der Waals surface area contributed by atoms with E-state index in [4.69, 9.17) is 0 Å². The highest BCUT2D eigenvalue weighted by molar-refractivity contribution is 7.24. The first-order valence-corrected chi connectivity index (χ1v) is 8.81. The van der Waals surface area contributed by atoms with Gasteiger partial charge in [-0.15, -0.1) is 11.3 Å². The Morgan fingerprint density at radius 1 is 0.667 bits per heavy atom. The maximum atomic E-state index is 12.9. The summed E-state index contributed by atoms with van der Waals surface area (Å²) in [4.78, 5) is 12.9. The number of fused-ring (bicyclic) bond motifs is 4. The summed E-state index contributed by atoms with van der Waals surface area (Å²) in [6.07, 6.45) is 0. The van der Waals surface area contributed by atoms with Gasteiger partial charge in [-0.25, -0.2) is 0 Å². The molecule has 114 valence electrons. The number of rotatable bonds is 0. The molecule has 0 saturated carbocycles. The average Bonchev–Trinajstić information content (AvgIpc) is 2.60. The summed E-state index contributed by atoms with van der Waals surface area (Å²) >= 11 is 1.69. The monoisotopic (exact) mass is 326 g/mol. The van der Waals surface area contributed by atoms with Gasteiger partial charge in [-0.1, -0.05) is 30.3 Å². The SMILES string of the molecule is Cc1cccc2cc3cc4sc5ccccc5c(=O)c4cc3cc12. The molecule has 0 N–H and O–H groups in total. The second-order valence-corrected chi connectivity index (χ2v) is 7.35. The predicted octanol–water partition coefficient (Wildman–Crippen LogP) is 6.03. The molecule has 1 heterocycles. The zero-order valence-corrected chi connectivity index (χ0v) is 14.0. The highest BCUT2D eigenvalue weighted by atomic mass is 32.1. The quantitative estimate of drug-likeness (QED) is 0.318. The second kappa shape index (κ2) is 4.89. The summed E-state index contributed by atoms with van der Waals surface area (Å²) in [5, 5.41) is 6.44. The Kier molecular flexibility index (Phi) is 2.79. The largest absolute Gasteiger partial charge is 0.289 e. The smallest absolute Gasteiger partial charge is 0.195 e. The lowest BCUT2D eigenvalue weighted by Crippen LogP contribution is -2.00. The van der Waals surface area contributed by atoms with Crippen molar-refractivity contribution in [1.29, 1.82) is 0 Å². The molecule has 0 saturated heterocycles. The minimum absolute atomic E-state index is 0.131. The van der Waals surface area contributed by atoms with Crippen LogP contribution in [0.5, 0.6) is 0 Å². The minimum Gasteiger partial charge on any atom is -0.289 e. The van der Waals surface area contributed by atoms with Crippen molar-refractivity contribution in [2.45, 2.75) is 6.92 Å². The van der Waals surface area contributed by atoms with Crippen LogP contribution in [-0.4, -0.2) is 0 Å². The van der Waals surface area contributed by atoms with Gasteiger partial charge in [0.25, 0.3) is 0 Å². The highest BCUT2D eigenvalue weighted by Gasteiger charge is 2.08. The lowest BCUT2D eigenvalue weighted by molar-refractivity contribution is 1.54. The van der Waals surface area contributed by atoms with Crippen molar-refractivity contribution < 1.29 is 0 Å². The van der Waals surface area contributed by atoms with E-state index >= 15 is 0 Å². The summed E-state index contributed by atoms with van der Waals surface area (Å²) in [6.45, 7) is 2.13. The van der Waals surface area contributed by atoms with Crippen LogP contribution in [0.15, 0.2) is 71.5 Å². The molecule has 2 heteroatoms. The van der Waals surface area contributed by atoms with Gasteiger partial charge in [-0.05, 0) is 70.4 Å². The molecule has 0 aliphatic rings. The molecule has 0 amide bonds. The number of hydrogen-bond acceptors (Lipinski definition) is 2. The molecule has 0 spiro atoms. The summed E-state index contributed by atoms with van der Waals surface area (Å²) in [5.41, 5.74) is 1.39. The van der Waals surface area contributed by atoms with E-state index in [-0.39, 0.29) is 5.43 Å². The van der Waals surface area contributed by atoms with Crippen LogP contribution in [0.1, 0.15) is 5.56 Å². The van der Waals surface area contributed by atoms with Crippen LogP contribution in [0.4, 0.5) is 0 Å². The van der Waals surface area contributed by atoms with Gasteiger partial charge in [0.2, 0.25) is 0 Å². The van der Waals surface area contributed by atoms with Crippen molar-refractivity contribution >= 4 is 53.1 Å². The zero-order valence-electron chi connectivity index (χ0n) is 13.2. The van der Waals surface area contributed by atoms with Crippen LogP contribution in [0.3, 0.4) is 0 Å². The van der Waals surface area contributed by atoms with Gasteiger partial charge in [0.05, 0.1) is 0 Å². The fourth-order valence-corrected chi connectivity index (χ4v) is 4.58. The lowest BCUT2D eigenvalue weighted by atomic mass is 9.99. The van der Waals surface area contributed by atoms with Gasteiger partial charge in [0, 0.05) is 20.2 Å². The van der Waals surface area contributed by atoms with E-state index in [0.717, 1.165) is 25.6 Å². The molecule has 0 bridgehead atoms. The van der Waals surface area contributed by atoms with Crippen molar-refractivity contribution in [2.75, 3.05) is 0 Å². The molecule has 5 rings (SSSR count). The molecule has 0 unspecified atom stereocenters. The number of hydrogen-bond donors (Lipinski definition) is 0. The summed E-state index contributed by atoms with van der Waals surface area (Å²) < 4.78 is 2.10. The Labute approximate surface area is 142 Å². The van der Waals surface area contributed by atoms with Crippen molar-refractivity contribution in [3.63, 3.8) is 0 Å². The molecule has 1 nitrogen and oxygen atoms in total. The fourth-order valence-electron chi connectivity index (χ4n) is 3.48. The molecule has 0 fully saturated rings. The first-order chi connectivity index (χ1) is 11.7. The number of benzene rings is 4. The molecular weight excluding hydrogens is 312 g/mol. The van der Waals surface area contributed by atoms with Crippen LogP contribution >= 0.6 is 11.3 Å². The third kappa shape index (κ3) is 1.90. The predicted molar refractivity (Wildman–Crippen MR) is 105 cm³/mol. The third-order valence-corrected chi connectivity index (χ3v) is 5.88. The standard InChI is InChI=1S/C22H14OS/c1-13-5-4-6-14-9-15-12-21-19(11-16(15)10-18(13)14)22(23)17-7-2-3-8-20(17)24-21/h2-12H,1H3. The Morgan fingerprint density at radius 3 is 2.38 bits per heavy atom. The lowest BCUT2D eigenvalue weighted by Gasteiger charge is -2.07. The molecule has 24 heavy (non-hydrogen) atoms. The first kappa shape index (κ1) is 13.7. The van der Waals surface area contributed by atoms with E-state index in [2.05, 4.69) is 49.4 Å². The molecule has 0 radical (unpaired) electrons. The fraction of sp³-hybridized carbons (Fsp3) is 0.0455. The van der Waals surface area contributed by atoms with Crippen LogP contribution in [0.25, 0.3) is 41.7 Å². The van der Waals surface area contributed by atoms with E-state index < -0.39 is 0 Å². The van der Waals surface area contributed by atoms with E-state index in [1.54, 1.807) is 11.3 Å². The van der Waals surface area contributed by atoms with Crippen molar-refractivity contribution in [2.24, 2.45) is 0 Å². The van der Waals surface area contributed by atoms with Gasteiger partial charge in [0.1, 0.15) is 0 Å². The van der Waals surface area contributed by atoms with E-state index in [1.807, 2.05) is 24.3 Å². The topological polar surface area (TPSA) is 17.1 Å². The van der Waals surface area contributed by atoms with Gasteiger partial charge < -0.3 is 0 Å². The Hall–Kier alpha value is -2.71. The first-order valence-electron chi connectivity index (χ1n) is 7.99. The van der Waals surface area contributed by atoms with Gasteiger partial charge in [0.15, 0.2) is 5.43 Å². The van der Waals surface area contributed by atoms with Crippen LogP contribution in [0.2, 0.25) is 0 Å².